The molecule has 1 aromatic rings. The molecule has 1 N–H and O–H groups in total. The van der Waals surface area contributed by atoms with E-state index in [2.05, 4.69) is 5.32 Å². The third-order valence-corrected chi connectivity index (χ3v) is 6.47. The van der Waals surface area contributed by atoms with E-state index in [9.17, 15) is 13.2 Å². The zero-order valence-electron chi connectivity index (χ0n) is 14.0. The largest absolute Gasteiger partial charge is 0.356 e. The lowest BCUT2D eigenvalue weighted by Gasteiger charge is -2.30. The molecule has 0 aromatic heterocycles. The van der Waals surface area contributed by atoms with Crippen LogP contribution in [-0.2, 0) is 21.2 Å². The predicted molar refractivity (Wildman–Crippen MR) is 96.5 cm³/mol. The second-order valence-electron chi connectivity index (χ2n) is 6.12. The number of aryl methyl sites for hydroxylation is 1. The van der Waals surface area contributed by atoms with Crippen molar-refractivity contribution in [2.24, 2.45) is 5.92 Å². The first kappa shape index (κ1) is 19.2. The number of piperidine rings is 1. The Hall–Kier alpha value is -1.11. The molecule has 1 fully saturated rings. The average molecular weight is 373 g/mol. The van der Waals surface area contributed by atoms with Crippen LogP contribution >= 0.6 is 11.6 Å². The fourth-order valence-electron chi connectivity index (χ4n) is 2.89. The van der Waals surface area contributed by atoms with Crippen molar-refractivity contribution in [3.8, 4) is 0 Å². The van der Waals surface area contributed by atoms with Crippen LogP contribution in [0.5, 0.6) is 0 Å². The first-order valence-electron chi connectivity index (χ1n) is 8.42. The molecule has 0 unspecified atom stereocenters. The topological polar surface area (TPSA) is 66.5 Å². The molecule has 134 valence electrons. The second kappa shape index (κ2) is 8.83. The highest BCUT2D eigenvalue weighted by molar-refractivity contribution is 7.89. The van der Waals surface area contributed by atoms with Crippen molar-refractivity contribution in [2.75, 3.05) is 25.4 Å². The molecule has 0 saturated carbocycles. The van der Waals surface area contributed by atoms with Gasteiger partial charge in [-0.25, -0.2) is 12.7 Å². The summed E-state index contributed by atoms with van der Waals surface area (Å²) < 4.78 is 25.3. The summed E-state index contributed by atoms with van der Waals surface area (Å²) in [5.41, 5.74) is 1.19. The van der Waals surface area contributed by atoms with Crippen LogP contribution in [0.2, 0.25) is 5.02 Å². The Morgan fingerprint density at radius 1 is 1.33 bits per heavy atom. The monoisotopic (exact) mass is 372 g/mol. The van der Waals surface area contributed by atoms with E-state index < -0.39 is 10.0 Å². The summed E-state index contributed by atoms with van der Waals surface area (Å²) in [6, 6.07) is 7.69. The number of amides is 1. The summed E-state index contributed by atoms with van der Waals surface area (Å²) in [6.45, 7) is 3.06. The number of rotatable bonds is 7. The Balaban J connectivity index is 1.75. The molecule has 1 amide bonds. The molecule has 1 saturated heterocycles. The van der Waals surface area contributed by atoms with Gasteiger partial charge in [0, 0.05) is 24.7 Å². The number of nitrogens with zero attached hydrogens (tertiary/aromatic N) is 1. The van der Waals surface area contributed by atoms with Crippen LogP contribution in [0.1, 0.15) is 31.7 Å². The molecule has 0 bridgehead atoms. The maximum absolute atomic E-state index is 12.3. The number of carbonyl (C=O) groups is 1. The summed E-state index contributed by atoms with van der Waals surface area (Å²) in [4.78, 5) is 12.3. The Morgan fingerprint density at radius 2 is 2.04 bits per heavy atom. The van der Waals surface area contributed by atoms with Gasteiger partial charge in [0.2, 0.25) is 15.9 Å². The summed E-state index contributed by atoms with van der Waals surface area (Å²) in [7, 11) is -3.21. The van der Waals surface area contributed by atoms with E-state index in [1.54, 1.807) is 6.92 Å². The molecule has 1 atom stereocenters. The third-order valence-electron chi connectivity index (χ3n) is 4.37. The van der Waals surface area contributed by atoms with E-state index >= 15 is 0 Å². The second-order valence-corrected chi connectivity index (χ2v) is 8.81. The highest BCUT2D eigenvalue weighted by Gasteiger charge is 2.31. The van der Waals surface area contributed by atoms with Gasteiger partial charge < -0.3 is 5.32 Å². The van der Waals surface area contributed by atoms with Crippen LogP contribution in [0.4, 0.5) is 0 Å². The molecule has 1 aromatic carbocycles. The van der Waals surface area contributed by atoms with Gasteiger partial charge in [0.1, 0.15) is 0 Å². The van der Waals surface area contributed by atoms with Crippen molar-refractivity contribution < 1.29 is 13.2 Å². The average Bonchev–Trinajstić information content (AvgIpc) is 2.60. The highest BCUT2D eigenvalue weighted by atomic mass is 35.5. The van der Waals surface area contributed by atoms with Crippen molar-refractivity contribution in [2.45, 2.75) is 32.6 Å². The van der Waals surface area contributed by atoms with E-state index in [0.717, 1.165) is 30.7 Å². The van der Waals surface area contributed by atoms with Gasteiger partial charge in [-0.2, -0.15) is 0 Å². The molecule has 5 nitrogen and oxygen atoms in total. The van der Waals surface area contributed by atoms with Gasteiger partial charge in [0.25, 0.3) is 0 Å². The number of hydrogen-bond donors (Lipinski definition) is 1. The Bertz CT molecular complexity index is 646. The molecule has 0 radical (unpaired) electrons. The fourth-order valence-corrected chi connectivity index (χ4v) is 4.20. The first-order chi connectivity index (χ1) is 11.4. The van der Waals surface area contributed by atoms with Gasteiger partial charge in [-0.1, -0.05) is 23.7 Å². The molecule has 0 spiro atoms. The van der Waals surface area contributed by atoms with Crippen LogP contribution in [0.25, 0.3) is 0 Å². The lowest BCUT2D eigenvalue weighted by Crippen LogP contribution is -2.46. The zero-order valence-corrected chi connectivity index (χ0v) is 15.6. The van der Waals surface area contributed by atoms with Crippen LogP contribution in [0.3, 0.4) is 0 Å². The number of sulfonamides is 1. The van der Waals surface area contributed by atoms with Gasteiger partial charge in [-0.05, 0) is 50.3 Å². The van der Waals surface area contributed by atoms with Crippen molar-refractivity contribution in [3.63, 3.8) is 0 Å². The number of nitrogens with one attached hydrogen (secondary N) is 1. The van der Waals surface area contributed by atoms with Crippen LogP contribution in [-0.4, -0.2) is 44.0 Å². The van der Waals surface area contributed by atoms with Gasteiger partial charge in [-0.3, -0.25) is 4.79 Å². The summed E-state index contributed by atoms with van der Waals surface area (Å²) in [5, 5.41) is 3.66. The molecule has 7 heteroatoms. The van der Waals surface area contributed by atoms with E-state index in [-0.39, 0.29) is 17.6 Å². The van der Waals surface area contributed by atoms with E-state index in [4.69, 9.17) is 11.6 Å². The minimum Gasteiger partial charge on any atom is -0.356 e. The van der Waals surface area contributed by atoms with Crippen LogP contribution in [0, 0.1) is 5.92 Å². The molecule has 1 aliphatic heterocycles. The van der Waals surface area contributed by atoms with Crippen LogP contribution in [0.15, 0.2) is 24.3 Å². The van der Waals surface area contributed by atoms with Gasteiger partial charge in [-0.15, -0.1) is 0 Å². The standard InChI is InChI=1S/C17H25ClN2O3S/c1-2-24(22,23)20-12-4-6-15(13-20)17(21)19-11-3-5-14-7-9-16(18)10-8-14/h7-10,15H,2-6,11-13H2,1H3,(H,19,21)/t15-/m1/s1. The van der Waals surface area contributed by atoms with Crippen molar-refractivity contribution in [3.05, 3.63) is 34.9 Å². The third kappa shape index (κ3) is 5.46. The van der Waals surface area contributed by atoms with Gasteiger partial charge in [0.15, 0.2) is 0 Å². The number of halogens is 1. The quantitative estimate of drug-likeness (QED) is 0.747. The normalized spacial score (nSPS) is 19.2. The zero-order chi connectivity index (χ0) is 17.6. The SMILES string of the molecule is CCS(=O)(=O)N1CCC[C@@H](C(=O)NCCCc2ccc(Cl)cc2)C1. The van der Waals surface area contributed by atoms with E-state index in [1.165, 1.54) is 9.87 Å². The molecule has 24 heavy (non-hydrogen) atoms. The Kier molecular flexibility index (Phi) is 7.07. The minimum absolute atomic E-state index is 0.0397. The van der Waals surface area contributed by atoms with Crippen molar-refractivity contribution >= 4 is 27.5 Å². The minimum atomic E-state index is -3.21. The molecular weight excluding hydrogens is 348 g/mol. The van der Waals surface area contributed by atoms with Gasteiger partial charge in [0.05, 0.1) is 11.7 Å². The maximum Gasteiger partial charge on any atom is 0.224 e. The molecule has 1 aliphatic rings. The smallest absolute Gasteiger partial charge is 0.224 e. The lowest BCUT2D eigenvalue weighted by molar-refractivity contribution is -0.126. The molecular formula is C17H25ClN2O3S. The molecule has 1 heterocycles. The van der Waals surface area contributed by atoms with Crippen molar-refractivity contribution in [1.29, 1.82) is 0 Å². The summed E-state index contributed by atoms with van der Waals surface area (Å²) in [6.07, 6.45) is 3.20. The maximum atomic E-state index is 12.3. The number of benzene rings is 1. The highest BCUT2D eigenvalue weighted by Crippen LogP contribution is 2.19. The molecule has 0 aliphatic carbocycles. The Labute approximate surface area is 149 Å². The Morgan fingerprint density at radius 3 is 2.71 bits per heavy atom. The number of hydrogen-bond acceptors (Lipinski definition) is 3. The summed E-state index contributed by atoms with van der Waals surface area (Å²) in [5.74, 6) is -0.194. The fraction of sp³-hybridized carbons (Fsp3) is 0.588. The van der Waals surface area contributed by atoms with Crippen LogP contribution < -0.4 is 5.32 Å². The first-order valence-corrected chi connectivity index (χ1v) is 10.4. The van der Waals surface area contributed by atoms with Crippen molar-refractivity contribution in [1.82, 2.24) is 9.62 Å². The van der Waals surface area contributed by atoms with E-state index in [0.29, 0.717) is 19.6 Å². The van der Waals surface area contributed by atoms with Gasteiger partial charge >= 0.3 is 0 Å². The number of carbonyl (C=O) groups excluding carboxylic acids is 1. The van der Waals surface area contributed by atoms with E-state index in [1.807, 2.05) is 24.3 Å². The lowest BCUT2D eigenvalue weighted by atomic mass is 9.99. The molecule has 2 rings (SSSR count). The predicted octanol–water partition coefficient (Wildman–Crippen LogP) is 2.45. The summed E-state index contributed by atoms with van der Waals surface area (Å²) >= 11 is 5.85.